The SMILES string of the molecule is CC(C)O.COc1ccc(C(=O)O)s1.COc1ccc(C(=O)OC(C)C)s1. The minimum absolute atomic E-state index is 0.0828. The number of carboxylic acid groups (broad SMARTS) is 1. The van der Waals surface area contributed by atoms with Crippen molar-refractivity contribution < 1.29 is 34.0 Å². The molecular weight excluding hydrogens is 392 g/mol. The lowest BCUT2D eigenvalue weighted by atomic mass is 10.4. The molecule has 27 heavy (non-hydrogen) atoms. The Morgan fingerprint density at radius 3 is 1.59 bits per heavy atom. The van der Waals surface area contributed by atoms with E-state index < -0.39 is 5.97 Å². The average Bonchev–Trinajstić information content (AvgIpc) is 3.23. The van der Waals surface area contributed by atoms with Gasteiger partial charge in [-0.3, -0.25) is 0 Å². The van der Waals surface area contributed by atoms with E-state index >= 15 is 0 Å². The van der Waals surface area contributed by atoms with Crippen LogP contribution in [0.15, 0.2) is 24.3 Å². The average molecular weight is 419 g/mol. The summed E-state index contributed by atoms with van der Waals surface area (Å²) >= 11 is 2.41. The summed E-state index contributed by atoms with van der Waals surface area (Å²) in [7, 11) is 3.08. The van der Waals surface area contributed by atoms with Gasteiger partial charge in [-0.2, -0.15) is 0 Å². The molecule has 0 spiro atoms. The summed E-state index contributed by atoms with van der Waals surface area (Å²) in [5.74, 6) is -1.20. The summed E-state index contributed by atoms with van der Waals surface area (Å²) in [5.41, 5.74) is 0. The molecule has 0 amide bonds. The highest BCUT2D eigenvalue weighted by Gasteiger charge is 2.12. The molecule has 0 fully saturated rings. The van der Waals surface area contributed by atoms with Crippen molar-refractivity contribution in [3.8, 4) is 10.1 Å². The second-order valence-corrected chi connectivity index (χ2v) is 7.59. The Hall–Kier alpha value is -2.10. The molecule has 152 valence electrons. The maximum absolute atomic E-state index is 11.3. The molecule has 0 aliphatic heterocycles. The van der Waals surface area contributed by atoms with Crippen molar-refractivity contribution >= 4 is 34.6 Å². The summed E-state index contributed by atoms with van der Waals surface area (Å²) in [5, 5.41) is 17.8. The molecule has 0 saturated heterocycles. The largest absolute Gasteiger partial charge is 0.487 e. The van der Waals surface area contributed by atoms with E-state index in [2.05, 4.69) is 0 Å². The van der Waals surface area contributed by atoms with Crippen LogP contribution in [0, 0.1) is 0 Å². The van der Waals surface area contributed by atoms with Gasteiger partial charge in [-0.15, -0.1) is 0 Å². The number of aliphatic hydroxyl groups excluding tert-OH is 1. The van der Waals surface area contributed by atoms with Crippen LogP contribution in [0.4, 0.5) is 0 Å². The van der Waals surface area contributed by atoms with E-state index in [-0.39, 0.29) is 18.2 Å². The van der Waals surface area contributed by atoms with Crippen LogP contribution in [0.25, 0.3) is 0 Å². The maximum Gasteiger partial charge on any atom is 0.348 e. The standard InChI is InChI=1S/C9H12O3S.C6H6O3S.C3H8O/c1-6(2)12-9(10)7-4-5-8(11-3)13-7;1-9-5-3-2-4(10-5)6(7)8;1-3(2)4/h4-6H,1-3H3;2-3H,1H3,(H,7,8);3-4H,1-2H3. The number of carbonyl (C=O) groups is 2. The number of esters is 1. The molecule has 2 heterocycles. The van der Waals surface area contributed by atoms with Gasteiger partial charge in [0.2, 0.25) is 0 Å². The van der Waals surface area contributed by atoms with Crippen molar-refractivity contribution in [2.75, 3.05) is 14.2 Å². The lowest BCUT2D eigenvalue weighted by Gasteiger charge is -2.05. The second kappa shape index (κ2) is 13.1. The molecule has 9 heteroatoms. The van der Waals surface area contributed by atoms with Crippen LogP contribution in [0.2, 0.25) is 0 Å². The quantitative estimate of drug-likeness (QED) is 0.703. The van der Waals surface area contributed by atoms with E-state index in [0.29, 0.717) is 14.8 Å². The highest BCUT2D eigenvalue weighted by Crippen LogP contribution is 2.24. The second-order valence-electron chi connectivity index (χ2n) is 5.50. The van der Waals surface area contributed by atoms with Gasteiger partial charge in [0.15, 0.2) is 10.1 Å². The van der Waals surface area contributed by atoms with Gasteiger partial charge in [0.25, 0.3) is 0 Å². The van der Waals surface area contributed by atoms with Crippen LogP contribution in [0.3, 0.4) is 0 Å². The van der Waals surface area contributed by atoms with Gasteiger partial charge in [0.1, 0.15) is 9.75 Å². The van der Waals surface area contributed by atoms with Gasteiger partial charge in [0.05, 0.1) is 20.3 Å². The summed E-state index contributed by atoms with van der Waals surface area (Å²) in [6.45, 7) is 7.09. The predicted molar refractivity (Wildman–Crippen MR) is 107 cm³/mol. The fourth-order valence-electron chi connectivity index (χ4n) is 1.36. The summed E-state index contributed by atoms with van der Waals surface area (Å²) < 4.78 is 14.8. The molecular formula is C18H26O7S2. The van der Waals surface area contributed by atoms with Crippen LogP contribution in [0.1, 0.15) is 47.0 Å². The molecule has 2 rings (SSSR count). The van der Waals surface area contributed by atoms with E-state index in [0.717, 1.165) is 16.4 Å². The van der Waals surface area contributed by atoms with Gasteiger partial charge in [0, 0.05) is 6.10 Å². The van der Waals surface area contributed by atoms with Gasteiger partial charge in [-0.25, -0.2) is 9.59 Å². The zero-order valence-electron chi connectivity index (χ0n) is 16.2. The fourth-order valence-corrected chi connectivity index (χ4v) is 2.72. The molecule has 0 radical (unpaired) electrons. The third kappa shape index (κ3) is 11.3. The van der Waals surface area contributed by atoms with Crippen LogP contribution in [-0.2, 0) is 4.74 Å². The first-order valence-corrected chi connectivity index (χ1v) is 9.63. The number of rotatable bonds is 5. The first-order valence-electron chi connectivity index (χ1n) is 8.00. The van der Waals surface area contributed by atoms with E-state index in [1.165, 1.54) is 24.5 Å². The number of hydrogen-bond acceptors (Lipinski definition) is 8. The molecule has 0 aromatic carbocycles. The minimum Gasteiger partial charge on any atom is -0.487 e. The third-order valence-electron chi connectivity index (χ3n) is 2.32. The normalized spacial score (nSPS) is 9.67. The van der Waals surface area contributed by atoms with E-state index in [1.54, 1.807) is 39.2 Å². The Morgan fingerprint density at radius 2 is 1.30 bits per heavy atom. The Morgan fingerprint density at radius 1 is 0.889 bits per heavy atom. The number of ether oxygens (including phenoxy) is 3. The number of thiophene rings is 2. The fraction of sp³-hybridized carbons (Fsp3) is 0.444. The molecule has 7 nitrogen and oxygen atoms in total. The molecule has 0 aliphatic carbocycles. The topological polar surface area (TPSA) is 102 Å². The first-order chi connectivity index (χ1) is 12.6. The predicted octanol–water partition coefficient (Wildman–Crippen LogP) is 4.16. The Labute approximate surface area is 167 Å². The Bertz CT molecular complexity index is 687. The van der Waals surface area contributed by atoms with Gasteiger partial charge in [-0.1, -0.05) is 22.7 Å². The Kier molecular flexibility index (Phi) is 12.1. The highest BCUT2D eigenvalue weighted by atomic mass is 32.1. The lowest BCUT2D eigenvalue weighted by Crippen LogP contribution is -2.09. The van der Waals surface area contributed by atoms with Crippen LogP contribution in [0.5, 0.6) is 10.1 Å². The molecule has 2 aromatic heterocycles. The Balaban J connectivity index is 0.000000428. The van der Waals surface area contributed by atoms with Crippen molar-refractivity contribution in [2.45, 2.75) is 39.9 Å². The van der Waals surface area contributed by atoms with Crippen LogP contribution in [-0.4, -0.2) is 48.6 Å². The smallest absolute Gasteiger partial charge is 0.348 e. The molecule has 2 N–H and O–H groups in total. The van der Waals surface area contributed by atoms with Gasteiger partial charge < -0.3 is 24.4 Å². The van der Waals surface area contributed by atoms with E-state index in [4.69, 9.17) is 24.4 Å². The van der Waals surface area contributed by atoms with Crippen molar-refractivity contribution in [3.05, 3.63) is 34.0 Å². The number of aromatic carboxylic acids is 1. The number of methoxy groups -OCH3 is 2. The van der Waals surface area contributed by atoms with Crippen molar-refractivity contribution in [1.29, 1.82) is 0 Å². The van der Waals surface area contributed by atoms with Crippen LogP contribution >= 0.6 is 22.7 Å². The van der Waals surface area contributed by atoms with E-state index in [1.807, 2.05) is 13.8 Å². The summed E-state index contributed by atoms with van der Waals surface area (Å²) in [6.07, 6.45) is -0.249. The number of carboxylic acids is 1. The zero-order chi connectivity index (χ0) is 21.0. The maximum atomic E-state index is 11.3. The van der Waals surface area contributed by atoms with Gasteiger partial charge in [-0.05, 0) is 52.0 Å². The molecule has 0 bridgehead atoms. The zero-order valence-corrected chi connectivity index (χ0v) is 17.8. The van der Waals surface area contributed by atoms with Crippen molar-refractivity contribution in [2.24, 2.45) is 0 Å². The third-order valence-corrected chi connectivity index (χ3v) is 4.38. The van der Waals surface area contributed by atoms with E-state index in [9.17, 15) is 9.59 Å². The number of hydrogen-bond donors (Lipinski definition) is 2. The van der Waals surface area contributed by atoms with Crippen molar-refractivity contribution in [1.82, 2.24) is 0 Å². The first kappa shape index (κ1) is 24.9. The van der Waals surface area contributed by atoms with Crippen LogP contribution < -0.4 is 9.47 Å². The molecule has 2 aromatic rings. The lowest BCUT2D eigenvalue weighted by molar-refractivity contribution is 0.0383. The molecule has 0 saturated carbocycles. The summed E-state index contributed by atoms with van der Waals surface area (Å²) in [4.78, 5) is 22.5. The highest BCUT2D eigenvalue weighted by molar-refractivity contribution is 7.16. The van der Waals surface area contributed by atoms with Crippen molar-refractivity contribution in [3.63, 3.8) is 0 Å². The number of aliphatic hydroxyl groups is 1. The molecule has 0 aliphatic rings. The summed E-state index contributed by atoms with van der Waals surface area (Å²) in [6, 6.07) is 6.61. The van der Waals surface area contributed by atoms with Gasteiger partial charge >= 0.3 is 11.9 Å². The monoisotopic (exact) mass is 418 g/mol. The number of carbonyl (C=O) groups excluding carboxylic acids is 1. The minimum atomic E-state index is -0.909. The molecule has 0 atom stereocenters. The molecule has 0 unspecified atom stereocenters.